The van der Waals surface area contributed by atoms with Gasteiger partial charge in [-0.15, -0.1) is 0 Å². The lowest BCUT2D eigenvalue weighted by Crippen LogP contribution is -1.84. The van der Waals surface area contributed by atoms with Crippen LogP contribution in [0.25, 0.3) is 0 Å². The molecule has 78 valence electrons. The van der Waals surface area contributed by atoms with Gasteiger partial charge in [-0.2, -0.15) is 4.98 Å². The maximum absolute atomic E-state index is 9.35. The molecular weight excluding hydrogens is 234 g/mol. The van der Waals surface area contributed by atoms with Crippen LogP contribution in [0.1, 0.15) is 5.56 Å². The van der Waals surface area contributed by atoms with Gasteiger partial charge in [-0.1, -0.05) is 22.9 Å². The predicted octanol–water partition coefficient (Wildman–Crippen LogP) is 3.60. The summed E-state index contributed by atoms with van der Waals surface area (Å²) in [6, 6.07) is 5.00. The number of phenols is 1. The average Bonchev–Trinajstić information content (AvgIpc) is 2.49. The van der Waals surface area contributed by atoms with E-state index in [4.69, 9.17) is 16.3 Å². The van der Waals surface area contributed by atoms with Gasteiger partial charge in [0.1, 0.15) is 16.7 Å². The number of hydrogen-bond donors (Lipinski definition) is 1. The molecule has 0 atom stereocenters. The highest BCUT2D eigenvalue weighted by Crippen LogP contribution is 2.29. The number of nitrogens with zero attached hydrogens (tertiary/aromatic N) is 1. The molecule has 1 heterocycles. The van der Waals surface area contributed by atoms with Crippen LogP contribution in [0.2, 0.25) is 5.15 Å². The third-order valence-corrected chi connectivity index (χ3v) is 2.74. The van der Waals surface area contributed by atoms with Crippen LogP contribution in [0, 0.1) is 6.92 Å². The van der Waals surface area contributed by atoms with Crippen molar-refractivity contribution in [3.05, 3.63) is 34.3 Å². The zero-order chi connectivity index (χ0) is 10.8. The minimum Gasteiger partial charge on any atom is -0.508 e. The van der Waals surface area contributed by atoms with Gasteiger partial charge in [-0.3, -0.25) is 0 Å². The zero-order valence-corrected chi connectivity index (χ0v) is 9.47. The van der Waals surface area contributed by atoms with Gasteiger partial charge in [0.25, 0.3) is 5.19 Å². The number of aromatic nitrogens is 1. The fourth-order valence-electron chi connectivity index (χ4n) is 1.17. The Kier molecular flexibility index (Phi) is 2.79. The molecule has 2 aromatic rings. The Balaban J connectivity index is 2.24. The lowest BCUT2D eigenvalue weighted by atomic mass is 10.2. The van der Waals surface area contributed by atoms with Gasteiger partial charge >= 0.3 is 0 Å². The summed E-state index contributed by atoms with van der Waals surface area (Å²) in [5.41, 5.74) is 0.924. The number of benzene rings is 1. The van der Waals surface area contributed by atoms with E-state index in [0.29, 0.717) is 16.1 Å². The SMILES string of the molecule is Cc1cc(O)cc(Oc2nc(Cl)cs2)c1. The van der Waals surface area contributed by atoms with Crippen LogP contribution in [-0.2, 0) is 0 Å². The second-order valence-electron chi connectivity index (χ2n) is 3.04. The second-order valence-corrected chi connectivity index (χ2v) is 4.25. The Morgan fingerprint density at radius 1 is 1.40 bits per heavy atom. The van der Waals surface area contributed by atoms with Gasteiger partial charge in [-0.05, 0) is 24.6 Å². The summed E-state index contributed by atoms with van der Waals surface area (Å²) in [6.45, 7) is 1.88. The third-order valence-electron chi connectivity index (χ3n) is 1.70. The first-order valence-electron chi connectivity index (χ1n) is 4.23. The van der Waals surface area contributed by atoms with Crippen molar-refractivity contribution >= 4 is 22.9 Å². The van der Waals surface area contributed by atoms with E-state index >= 15 is 0 Å². The molecule has 5 heteroatoms. The number of rotatable bonds is 2. The summed E-state index contributed by atoms with van der Waals surface area (Å²) in [5.74, 6) is 0.728. The fourth-order valence-corrected chi connectivity index (χ4v) is 1.98. The van der Waals surface area contributed by atoms with Gasteiger partial charge in [0.15, 0.2) is 0 Å². The first-order chi connectivity index (χ1) is 7.13. The highest BCUT2D eigenvalue weighted by atomic mass is 35.5. The normalized spacial score (nSPS) is 10.3. The van der Waals surface area contributed by atoms with Gasteiger partial charge < -0.3 is 9.84 Å². The smallest absolute Gasteiger partial charge is 0.280 e. The molecule has 0 bridgehead atoms. The molecule has 0 aliphatic rings. The highest BCUT2D eigenvalue weighted by Gasteiger charge is 2.04. The summed E-state index contributed by atoms with van der Waals surface area (Å²) >= 11 is 6.97. The van der Waals surface area contributed by atoms with Crippen LogP contribution >= 0.6 is 22.9 Å². The van der Waals surface area contributed by atoms with E-state index in [2.05, 4.69) is 4.98 Å². The van der Waals surface area contributed by atoms with Crippen LogP contribution in [0.15, 0.2) is 23.6 Å². The van der Waals surface area contributed by atoms with E-state index in [-0.39, 0.29) is 5.75 Å². The first kappa shape index (κ1) is 10.3. The molecule has 3 nitrogen and oxygen atoms in total. The Morgan fingerprint density at radius 2 is 2.20 bits per heavy atom. The molecule has 2 rings (SSSR count). The molecule has 0 aliphatic carbocycles. The Bertz CT molecular complexity index is 464. The molecule has 0 radical (unpaired) electrons. The molecule has 0 saturated carbocycles. The first-order valence-corrected chi connectivity index (χ1v) is 5.49. The minimum atomic E-state index is 0.174. The number of thiazole rings is 1. The third kappa shape index (κ3) is 2.61. The summed E-state index contributed by atoms with van der Waals surface area (Å²) in [6.07, 6.45) is 0. The van der Waals surface area contributed by atoms with E-state index in [0.717, 1.165) is 5.56 Å². The lowest BCUT2D eigenvalue weighted by Gasteiger charge is -2.03. The van der Waals surface area contributed by atoms with Crippen molar-refractivity contribution in [2.75, 3.05) is 0 Å². The van der Waals surface area contributed by atoms with Crippen molar-refractivity contribution in [2.24, 2.45) is 0 Å². The van der Waals surface area contributed by atoms with Crippen molar-refractivity contribution in [1.29, 1.82) is 0 Å². The Morgan fingerprint density at radius 3 is 2.80 bits per heavy atom. The molecule has 0 spiro atoms. The molecule has 1 aromatic carbocycles. The van der Waals surface area contributed by atoms with Crippen LogP contribution in [0.5, 0.6) is 16.7 Å². The maximum Gasteiger partial charge on any atom is 0.280 e. The van der Waals surface area contributed by atoms with Crippen molar-refractivity contribution < 1.29 is 9.84 Å². The average molecular weight is 242 g/mol. The van der Waals surface area contributed by atoms with Gasteiger partial charge in [0.05, 0.1) is 0 Å². The summed E-state index contributed by atoms with van der Waals surface area (Å²) in [4.78, 5) is 3.95. The number of halogens is 1. The number of phenolic OH excluding ortho intramolecular Hbond substituents is 1. The molecule has 1 N–H and O–H groups in total. The van der Waals surface area contributed by atoms with E-state index in [9.17, 15) is 5.11 Å². The molecule has 0 aliphatic heterocycles. The highest BCUT2D eigenvalue weighted by molar-refractivity contribution is 7.11. The number of ether oxygens (including phenoxy) is 1. The largest absolute Gasteiger partial charge is 0.508 e. The Labute approximate surface area is 95.9 Å². The fraction of sp³-hybridized carbons (Fsp3) is 0.100. The quantitative estimate of drug-likeness (QED) is 0.874. The molecule has 0 amide bonds. The number of aromatic hydroxyl groups is 1. The summed E-state index contributed by atoms with van der Waals surface area (Å²) in [5, 5.41) is 11.9. The standard InChI is InChI=1S/C10H8ClNO2S/c1-6-2-7(13)4-8(3-6)14-10-12-9(11)5-15-10/h2-5,13H,1H3. The van der Waals surface area contributed by atoms with Crippen LogP contribution < -0.4 is 4.74 Å². The van der Waals surface area contributed by atoms with Gasteiger partial charge in [0, 0.05) is 11.4 Å². The Hall–Kier alpha value is -1.26. The monoisotopic (exact) mass is 241 g/mol. The van der Waals surface area contributed by atoms with Crippen molar-refractivity contribution in [1.82, 2.24) is 4.98 Å². The number of hydrogen-bond acceptors (Lipinski definition) is 4. The topological polar surface area (TPSA) is 42.4 Å². The molecule has 0 unspecified atom stereocenters. The van der Waals surface area contributed by atoms with E-state index in [1.165, 1.54) is 17.4 Å². The molecule has 0 fully saturated rings. The van der Waals surface area contributed by atoms with Crippen molar-refractivity contribution in [3.8, 4) is 16.7 Å². The van der Waals surface area contributed by atoms with Crippen molar-refractivity contribution in [2.45, 2.75) is 6.92 Å². The molecule has 15 heavy (non-hydrogen) atoms. The summed E-state index contributed by atoms with van der Waals surface area (Å²) < 4.78 is 5.42. The van der Waals surface area contributed by atoms with Crippen LogP contribution in [0.3, 0.4) is 0 Å². The zero-order valence-electron chi connectivity index (χ0n) is 7.90. The van der Waals surface area contributed by atoms with Gasteiger partial charge in [-0.25, -0.2) is 0 Å². The molecular formula is C10H8ClNO2S. The van der Waals surface area contributed by atoms with E-state index in [1.54, 1.807) is 11.4 Å². The molecule has 1 aromatic heterocycles. The maximum atomic E-state index is 9.35. The van der Waals surface area contributed by atoms with Crippen LogP contribution in [-0.4, -0.2) is 10.1 Å². The second kappa shape index (κ2) is 4.08. The summed E-state index contributed by atoms with van der Waals surface area (Å²) in [7, 11) is 0. The number of aryl methyl sites for hydroxylation is 1. The van der Waals surface area contributed by atoms with E-state index in [1.807, 2.05) is 13.0 Å². The van der Waals surface area contributed by atoms with Crippen molar-refractivity contribution in [3.63, 3.8) is 0 Å². The minimum absolute atomic E-state index is 0.174. The van der Waals surface area contributed by atoms with Gasteiger partial charge in [0.2, 0.25) is 0 Å². The van der Waals surface area contributed by atoms with Crippen LogP contribution in [0.4, 0.5) is 0 Å². The molecule has 0 saturated heterocycles. The lowest BCUT2D eigenvalue weighted by molar-refractivity contribution is 0.453. The predicted molar refractivity (Wildman–Crippen MR) is 60.0 cm³/mol. The van der Waals surface area contributed by atoms with E-state index < -0.39 is 0 Å².